The summed E-state index contributed by atoms with van der Waals surface area (Å²) in [5, 5.41) is 11.8. The van der Waals surface area contributed by atoms with E-state index >= 15 is 0 Å². The van der Waals surface area contributed by atoms with Gasteiger partial charge in [-0.25, -0.2) is 0 Å². The maximum atomic E-state index is 9.35. The quantitative estimate of drug-likeness (QED) is 0.161. The highest BCUT2D eigenvalue weighted by Gasteiger charge is 2.40. The fraction of sp³-hybridized carbons (Fsp3) is 0.0517. The Morgan fingerprint density at radius 3 is 1.69 bits per heavy atom. The first kappa shape index (κ1) is 36.6. The number of hydrogen-bond donors (Lipinski definition) is 0. The van der Waals surface area contributed by atoms with Gasteiger partial charge in [-0.3, -0.25) is 0 Å². The third kappa shape index (κ3) is 6.24. The highest BCUT2D eigenvalue weighted by atomic mass is 32.1. The third-order valence-corrected chi connectivity index (χ3v) is 13.6. The van der Waals surface area contributed by atoms with E-state index in [-0.39, 0.29) is 5.41 Å². The van der Waals surface area contributed by atoms with E-state index in [0.717, 1.165) is 22.5 Å². The maximum absolute atomic E-state index is 9.35. The molecule has 11 rings (SSSR count). The number of benzene rings is 9. The number of thiophene rings is 1. The van der Waals surface area contributed by atoms with Gasteiger partial charge < -0.3 is 4.90 Å². The topological polar surface area (TPSA) is 27.0 Å². The van der Waals surface area contributed by atoms with Gasteiger partial charge in [0, 0.05) is 37.0 Å². The minimum absolute atomic E-state index is 0.256. The fourth-order valence-corrected chi connectivity index (χ4v) is 10.6. The van der Waals surface area contributed by atoms with Gasteiger partial charge >= 0.3 is 0 Å². The first-order valence-electron chi connectivity index (χ1n) is 20.8. The molecule has 0 saturated carbocycles. The maximum Gasteiger partial charge on any atom is 0.0991 e. The van der Waals surface area contributed by atoms with Crippen molar-refractivity contribution in [1.29, 1.82) is 5.26 Å². The molecule has 1 heterocycles. The van der Waals surface area contributed by atoms with Crippen LogP contribution in [0.25, 0.3) is 75.8 Å². The molecule has 0 saturated heterocycles. The van der Waals surface area contributed by atoms with Gasteiger partial charge in [-0.2, -0.15) is 5.26 Å². The second-order valence-corrected chi connectivity index (χ2v) is 17.5. The summed E-state index contributed by atoms with van der Waals surface area (Å²) in [5.41, 5.74) is 18.7. The van der Waals surface area contributed by atoms with E-state index in [4.69, 9.17) is 0 Å². The average Bonchev–Trinajstić information content (AvgIpc) is 3.81. The number of hydrogen-bond acceptors (Lipinski definition) is 3. The van der Waals surface area contributed by atoms with Crippen LogP contribution in [0.2, 0.25) is 0 Å². The van der Waals surface area contributed by atoms with Crippen LogP contribution >= 0.6 is 11.3 Å². The molecule has 0 radical (unpaired) electrons. The van der Waals surface area contributed by atoms with Crippen LogP contribution in [-0.2, 0) is 5.41 Å². The van der Waals surface area contributed by atoms with Crippen molar-refractivity contribution in [2.24, 2.45) is 0 Å². The molecule has 0 atom stereocenters. The zero-order valence-corrected chi connectivity index (χ0v) is 34.7. The molecule has 1 aromatic heterocycles. The molecule has 1 aliphatic rings. The Morgan fingerprint density at radius 1 is 0.443 bits per heavy atom. The summed E-state index contributed by atoms with van der Waals surface area (Å²) in [7, 11) is 0. The Labute approximate surface area is 360 Å². The Kier molecular flexibility index (Phi) is 8.78. The molecule has 61 heavy (non-hydrogen) atoms. The highest BCUT2D eigenvalue weighted by molar-refractivity contribution is 7.25. The molecule has 0 aliphatic heterocycles. The molecule has 1 aliphatic carbocycles. The van der Waals surface area contributed by atoms with Crippen LogP contribution < -0.4 is 4.90 Å². The zero-order chi connectivity index (χ0) is 41.1. The van der Waals surface area contributed by atoms with Crippen LogP contribution in [0, 0.1) is 11.3 Å². The van der Waals surface area contributed by atoms with Crippen LogP contribution in [0.3, 0.4) is 0 Å². The van der Waals surface area contributed by atoms with Gasteiger partial charge in [-0.05, 0) is 121 Å². The molecule has 0 amide bonds. The Hall–Kier alpha value is -7.51. The van der Waals surface area contributed by atoms with Gasteiger partial charge in [-0.15, -0.1) is 11.3 Å². The molecule has 10 aromatic rings. The Bertz CT molecular complexity index is 3300. The number of rotatable bonds is 7. The van der Waals surface area contributed by atoms with E-state index in [2.05, 4.69) is 207 Å². The first-order valence-corrected chi connectivity index (χ1v) is 21.6. The van der Waals surface area contributed by atoms with Crippen LogP contribution in [0.15, 0.2) is 206 Å². The largest absolute Gasteiger partial charge is 0.310 e. The van der Waals surface area contributed by atoms with E-state index in [0.29, 0.717) is 5.56 Å². The summed E-state index contributed by atoms with van der Waals surface area (Å²) in [4.78, 5) is 2.48. The number of nitrogens with zero attached hydrogens (tertiary/aromatic N) is 2. The minimum atomic E-state index is -0.256. The van der Waals surface area contributed by atoms with Gasteiger partial charge in [0.15, 0.2) is 0 Å². The standard InChI is InChI=1S/C58H40N2S/c1-58(2)52-17-9-15-48(44-13-7-4-8-14-44)56(52)50-16-10-18-53(57(50)58)60(46-30-27-42(28-31-46)41-25-23-40(24-26-41)39-11-5-3-6-12-39)47-32-33-49-51-35-45(29-34-54(51)61-55(49)36-47)43-21-19-38(37-59)20-22-43/h3-36H,1-2H3. The van der Waals surface area contributed by atoms with Gasteiger partial charge in [0.1, 0.15) is 0 Å². The summed E-state index contributed by atoms with van der Waals surface area (Å²) in [6, 6.07) is 76.8. The van der Waals surface area contributed by atoms with Crippen molar-refractivity contribution in [3.8, 4) is 61.7 Å². The molecule has 2 nitrogen and oxygen atoms in total. The van der Waals surface area contributed by atoms with Gasteiger partial charge in [-0.1, -0.05) is 166 Å². The summed E-state index contributed by atoms with van der Waals surface area (Å²) >= 11 is 1.84. The van der Waals surface area contributed by atoms with Crippen LogP contribution in [0.1, 0.15) is 30.5 Å². The molecule has 0 unspecified atom stereocenters. The second kappa shape index (κ2) is 14.6. The summed E-state index contributed by atoms with van der Waals surface area (Å²) < 4.78 is 2.50. The van der Waals surface area contributed by atoms with Crippen molar-refractivity contribution in [3.63, 3.8) is 0 Å². The predicted molar refractivity (Wildman–Crippen MR) is 258 cm³/mol. The molecular weight excluding hydrogens is 757 g/mol. The van der Waals surface area contributed by atoms with Crippen molar-refractivity contribution in [2.45, 2.75) is 19.3 Å². The smallest absolute Gasteiger partial charge is 0.0991 e. The monoisotopic (exact) mass is 796 g/mol. The van der Waals surface area contributed by atoms with Crippen molar-refractivity contribution in [1.82, 2.24) is 0 Å². The van der Waals surface area contributed by atoms with Crippen molar-refractivity contribution < 1.29 is 0 Å². The van der Waals surface area contributed by atoms with E-state index in [9.17, 15) is 5.26 Å². The third-order valence-electron chi connectivity index (χ3n) is 12.5. The Morgan fingerprint density at radius 2 is 1.00 bits per heavy atom. The molecule has 0 bridgehead atoms. The molecule has 0 N–H and O–H groups in total. The Balaban J connectivity index is 1.05. The van der Waals surface area contributed by atoms with Crippen molar-refractivity contribution in [3.05, 3.63) is 223 Å². The molecule has 3 heteroatoms. The minimum Gasteiger partial charge on any atom is -0.310 e. The van der Waals surface area contributed by atoms with E-state index in [1.807, 2.05) is 35.6 Å². The lowest BCUT2D eigenvalue weighted by Crippen LogP contribution is -2.20. The predicted octanol–water partition coefficient (Wildman–Crippen LogP) is 16.4. The molecule has 0 spiro atoms. The lowest BCUT2D eigenvalue weighted by molar-refractivity contribution is 0.661. The van der Waals surface area contributed by atoms with Gasteiger partial charge in [0.2, 0.25) is 0 Å². The fourth-order valence-electron chi connectivity index (χ4n) is 9.49. The van der Waals surface area contributed by atoms with Crippen molar-refractivity contribution in [2.75, 3.05) is 4.90 Å². The summed E-state index contributed by atoms with van der Waals surface area (Å²) in [6.07, 6.45) is 0. The van der Waals surface area contributed by atoms with Crippen molar-refractivity contribution >= 4 is 48.6 Å². The summed E-state index contributed by atoms with van der Waals surface area (Å²) in [5.74, 6) is 0. The average molecular weight is 797 g/mol. The lowest BCUT2D eigenvalue weighted by Gasteiger charge is -2.32. The molecule has 0 fully saturated rings. The van der Waals surface area contributed by atoms with Gasteiger partial charge in [0.25, 0.3) is 0 Å². The number of anilines is 3. The van der Waals surface area contributed by atoms with Crippen LogP contribution in [-0.4, -0.2) is 0 Å². The summed E-state index contributed by atoms with van der Waals surface area (Å²) in [6.45, 7) is 4.77. The van der Waals surface area contributed by atoms with Crippen LogP contribution in [0.5, 0.6) is 0 Å². The normalized spacial score (nSPS) is 12.5. The molecular formula is C58H40N2S. The number of nitriles is 1. The molecule has 288 valence electrons. The first-order chi connectivity index (χ1) is 29.9. The lowest BCUT2D eigenvalue weighted by atomic mass is 9.80. The SMILES string of the molecule is CC1(C)c2cccc(-c3ccccc3)c2-c2cccc(N(c3ccc(-c4ccc(-c5ccccc5)cc4)cc3)c3ccc4c(c3)sc3ccc(-c5ccc(C#N)cc5)cc34)c21. The number of fused-ring (bicyclic) bond motifs is 6. The molecule has 9 aromatic carbocycles. The van der Waals surface area contributed by atoms with E-state index in [1.165, 1.54) is 81.5 Å². The van der Waals surface area contributed by atoms with Gasteiger partial charge in [0.05, 0.1) is 17.3 Å². The zero-order valence-electron chi connectivity index (χ0n) is 33.9. The van der Waals surface area contributed by atoms with E-state index < -0.39 is 0 Å². The second-order valence-electron chi connectivity index (χ2n) is 16.4. The highest BCUT2D eigenvalue weighted by Crippen LogP contribution is 2.57. The van der Waals surface area contributed by atoms with Crippen LogP contribution in [0.4, 0.5) is 17.1 Å². The van der Waals surface area contributed by atoms with E-state index in [1.54, 1.807) is 0 Å².